The van der Waals surface area contributed by atoms with Crippen LogP contribution in [-0.2, 0) is 6.54 Å². The van der Waals surface area contributed by atoms with E-state index in [1.54, 1.807) is 35.5 Å². The number of hydrogen-bond donors (Lipinski definition) is 2. The van der Waals surface area contributed by atoms with Crippen LogP contribution in [0, 0.1) is 0 Å². The Morgan fingerprint density at radius 1 is 1.39 bits per heavy atom. The van der Waals surface area contributed by atoms with E-state index in [1.165, 1.54) is 6.20 Å². The summed E-state index contributed by atoms with van der Waals surface area (Å²) in [5.41, 5.74) is 1.17. The van der Waals surface area contributed by atoms with Gasteiger partial charge in [-0.25, -0.2) is 9.50 Å². The molecule has 0 aliphatic heterocycles. The van der Waals surface area contributed by atoms with Crippen LogP contribution in [0.15, 0.2) is 37.2 Å². The number of amides is 1. The first-order chi connectivity index (χ1) is 8.84. The van der Waals surface area contributed by atoms with Gasteiger partial charge in [0.1, 0.15) is 5.82 Å². The highest BCUT2D eigenvalue weighted by atomic mass is 16.1. The van der Waals surface area contributed by atoms with E-state index in [1.807, 2.05) is 0 Å². The van der Waals surface area contributed by atoms with Crippen LogP contribution in [0.3, 0.4) is 0 Å². The first-order valence-electron chi connectivity index (χ1n) is 5.38. The van der Waals surface area contributed by atoms with Gasteiger partial charge in [0, 0.05) is 24.8 Å². The number of carbonyl (C=O) groups excluding carboxylic acids is 1. The van der Waals surface area contributed by atoms with Crippen molar-refractivity contribution < 1.29 is 4.79 Å². The normalized spacial score (nSPS) is 10.7. The third-order valence-electron chi connectivity index (χ3n) is 2.54. The molecule has 90 valence electrons. The molecular weight excluding hydrogens is 232 g/mol. The van der Waals surface area contributed by atoms with Gasteiger partial charge >= 0.3 is 0 Å². The standard InChI is InChI=1S/C11H10N6O/c18-11(15-7-10-13-1-2-14-10)8-5-16-17-4-3-12-6-9(8)17/h1-6H,7H2,(H,13,14)(H,15,18). The average Bonchev–Trinajstić information content (AvgIpc) is 3.05. The third-order valence-corrected chi connectivity index (χ3v) is 2.54. The minimum absolute atomic E-state index is 0.200. The quantitative estimate of drug-likeness (QED) is 0.695. The van der Waals surface area contributed by atoms with Crippen molar-refractivity contribution in [3.8, 4) is 0 Å². The van der Waals surface area contributed by atoms with Gasteiger partial charge in [-0.3, -0.25) is 9.78 Å². The molecule has 0 aromatic carbocycles. The molecule has 0 atom stereocenters. The lowest BCUT2D eigenvalue weighted by Gasteiger charge is -2.01. The van der Waals surface area contributed by atoms with E-state index in [0.717, 1.165) is 0 Å². The van der Waals surface area contributed by atoms with Gasteiger partial charge in [0.25, 0.3) is 5.91 Å². The molecule has 2 N–H and O–H groups in total. The lowest BCUT2D eigenvalue weighted by Crippen LogP contribution is -2.23. The fourth-order valence-corrected chi connectivity index (χ4v) is 1.66. The van der Waals surface area contributed by atoms with Crippen LogP contribution in [0.25, 0.3) is 5.52 Å². The highest BCUT2D eigenvalue weighted by molar-refractivity contribution is 6.00. The molecule has 0 bridgehead atoms. The Kier molecular flexibility index (Phi) is 2.49. The topological polar surface area (TPSA) is 88.0 Å². The molecule has 0 aliphatic rings. The van der Waals surface area contributed by atoms with E-state index in [-0.39, 0.29) is 5.91 Å². The maximum atomic E-state index is 12.0. The molecule has 0 saturated heterocycles. The smallest absolute Gasteiger partial charge is 0.255 e. The molecule has 0 saturated carbocycles. The van der Waals surface area contributed by atoms with Crippen molar-refractivity contribution in [1.29, 1.82) is 0 Å². The van der Waals surface area contributed by atoms with Crippen molar-refractivity contribution in [2.24, 2.45) is 0 Å². The molecule has 0 fully saturated rings. The van der Waals surface area contributed by atoms with Gasteiger partial charge in [-0.05, 0) is 0 Å². The van der Waals surface area contributed by atoms with Gasteiger partial charge in [-0.2, -0.15) is 5.10 Å². The van der Waals surface area contributed by atoms with Gasteiger partial charge in [-0.15, -0.1) is 0 Å². The first kappa shape index (κ1) is 10.5. The lowest BCUT2D eigenvalue weighted by atomic mass is 10.3. The summed E-state index contributed by atoms with van der Waals surface area (Å²) < 4.78 is 1.61. The minimum atomic E-state index is -0.200. The lowest BCUT2D eigenvalue weighted by molar-refractivity contribution is 0.0951. The van der Waals surface area contributed by atoms with Gasteiger partial charge < -0.3 is 10.3 Å². The van der Waals surface area contributed by atoms with E-state index in [0.29, 0.717) is 23.4 Å². The maximum absolute atomic E-state index is 12.0. The van der Waals surface area contributed by atoms with Crippen molar-refractivity contribution >= 4 is 11.4 Å². The number of aromatic amines is 1. The average molecular weight is 242 g/mol. The number of nitrogens with one attached hydrogen (secondary N) is 2. The Labute approximate surface area is 102 Å². The Morgan fingerprint density at radius 2 is 2.33 bits per heavy atom. The summed E-state index contributed by atoms with van der Waals surface area (Å²) in [4.78, 5) is 22.9. The fourth-order valence-electron chi connectivity index (χ4n) is 1.66. The molecule has 3 aromatic rings. The van der Waals surface area contributed by atoms with Crippen LogP contribution in [0.1, 0.15) is 16.2 Å². The van der Waals surface area contributed by atoms with Crippen LogP contribution in [0.5, 0.6) is 0 Å². The molecule has 3 rings (SSSR count). The predicted molar refractivity (Wildman–Crippen MR) is 62.7 cm³/mol. The first-order valence-corrected chi connectivity index (χ1v) is 5.38. The molecule has 3 heterocycles. The molecule has 7 nitrogen and oxygen atoms in total. The van der Waals surface area contributed by atoms with Crippen molar-refractivity contribution in [3.05, 3.63) is 48.6 Å². The van der Waals surface area contributed by atoms with Crippen molar-refractivity contribution in [2.45, 2.75) is 6.54 Å². The Morgan fingerprint density at radius 3 is 3.17 bits per heavy atom. The van der Waals surface area contributed by atoms with Gasteiger partial charge in [-0.1, -0.05) is 0 Å². The monoisotopic (exact) mass is 242 g/mol. The summed E-state index contributed by atoms with van der Waals surface area (Å²) in [5.74, 6) is 0.507. The molecule has 1 amide bonds. The van der Waals surface area contributed by atoms with Gasteiger partial charge in [0.05, 0.1) is 30.0 Å². The number of aromatic nitrogens is 5. The largest absolute Gasteiger partial charge is 0.347 e. The summed E-state index contributed by atoms with van der Waals surface area (Å²) in [6, 6.07) is 0. The minimum Gasteiger partial charge on any atom is -0.347 e. The van der Waals surface area contributed by atoms with Gasteiger partial charge in [0.15, 0.2) is 0 Å². The summed E-state index contributed by atoms with van der Waals surface area (Å²) >= 11 is 0. The Balaban J connectivity index is 1.80. The summed E-state index contributed by atoms with van der Waals surface area (Å²) in [6.45, 7) is 0.351. The van der Waals surface area contributed by atoms with Crippen molar-refractivity contribution in [2.75, 3.05) is 0 Å². The Hall–Kier alpha value is -2.70. The van der Waals surface area contributed by atoms with Gasteiger partial charge in [0.2, 0.25) is 0 Å². The number of carbonyl (C=O) groups is 1. The fraction of sp³-hybridized carbons (Fsp3) is 0.0909. The van der Waals surface area contributed by atoms with Crippen LogP contribution >= 0.6 is 0 Å². The zero-order chi connectivity index (χ0) is 12.4. The van der Waals surface area contributed by atoms with Crippen LogP contribution in [0.4, 0.5) is 0 Å². The Bertz CT molecular complexity index is 672. The van der Waals surface area contributed by atoms with E-state index >= 15 is 0 Å². The van der Waals surface area contributed by atoms with Crippen molar-refractivity contribution in [3.63, 3.8) is 0 Å². The molecule has 3 aromatic heterocycles. The van der Waals surface area contributed by atoms with Crippen LogP contribution in [0.2, 0.25) is 0 Å². The molecule has 0 aliphatic carbocycles. The van der Waals surface area contributed by atoms with E-state index in [9.17, 15) is 4.79 Å². The number of imidazole rings is 1. The van der Waals surface area contributed by atoms with Crippen molar-refractivity contribution in [1.82, 2.24) is 29.9 Å². The summed E-state index contributed by atoms with van der Waals surface area (Å²) in [5, 5.41) is 6.84. The van der Waals surface area contributed by atoms with Crippen LogP contribution in [-0.4, -0.2) is 30.5 Å². The van der Waals surface area contributed by atoms with E-state index in [4.69, 9.17) is 0 Å². The number of fused-ring (bicyclic) bond motifs is 1. The SMILES string of the molecule is O=C(NCc1ncc[nH]1)c1cnn2ccncc12. The highest BCUT2D eigenvalue weighted by Crippen LogP contribution is 2.08. The zero-order valence-corrected chi connectivity index (χ0v) is 9.37. The summed E-state index contributed by atoms with van der Waals surface area (Å²) in [6.07, 6.45) is 9.79. The predicted octanol–water partition coefficient (Wildman–Crippen LogP) is 0.382. The number of rotatable bonds is 3. The molecule has 0 radical (unpaired) electrons. The third kappa shape index (κ3) is 1.81. The number of H-pyrrole nitrogens is 1. The molecule has 0 spiro atoms. The van der Waals surface area contributed by atoms with Crippen LogP contribution < -0.4 is 5.32 Å². The molecule has 0 unspecified atom stereocenters. The maximum Gasteiger partial charge on any atom is 0.255 e. The van der Waals surface area contributed by atoms with E-state index in [2.05, 4.69) is 25.4 Å². The molecule has 7 heteroatoms. The zero-order valence-electron chi connectivity index (χ0n) is 9.37. The highest BCUT2D eigenvalue weighted by Gasteiger charge is 2.12. The molecule has 18 heavy (non-hydrogen) atoms. The second kappa shape index (κ2) is 4.28. The molecular formula is C11H10N6O. The van der Waals surface area contributed by atoms with E-state index < -0.39 is 0 Å². The number of hydrogen-bond acceptors (Lipinski definition) is 4. The second-order valence-electron chi connectivity index (χ2n) is 3.68. The summed E-state index contributed by atoms with van der Waals surface area (Å²) in [7, 11) is 0. The number of nitrogens with zero attached hydrogens (tertiary/aromatic N) is 4. The second-order valence-corrected chi connectivity index (χ2v) is 3.68.